The van der Waals surface area contributed by atoms with Gasteiger partial charge >= 0.3 is 0 Å². The van der Waals surface area contributed by atoms with Gasteiger partial charge in [-0.2, -0.15) is 12.6 Å². The maximum absolute atomic E-state index is 13.5. The third kappa shape index (κ3) is 14.7. The maximum Gasteiger partial charge on any atom is 0.245 e. The number of rotatable bonds is 22. The van der Waals surface area contributed by atoms with Crippen LogP contribution in [0.4, 0.5) is 0 Å². The highest BCUT2D eigenvalue weighted by molar-refractivity contribution is 7.80. The molecule has 0 aliphatic carbocycles. The Labute approximate surface area is 331 Å². The average molecular weight is 818 g/mol. The fraction of sp³-hybridized carbons (Fsp3) is 0.471. The Morgan fingerprint density at radius 3 is 2.11 bits per heavy atom. The molecule has 22 nitrogen and oxygen atoms in total. The van der Waals surface area contributed by atoms with Crippen LogP contribution in [0.15, 0.2) is 36.8 Å². The number of likely N-dealkylation sites (tertiary alicyclic amines) is 1. The largest absolute Gasteiger partial charge is 0.508 e. The van der Waals surface area contributed by atoms with Crippen LogP contribution in [0.3, 0.4) is 0 Å². The SMILES string of the molecule is NC(=O)C[C@H](NC(=O)[C@H](CS)NC(=O)[C@H](CO)NC(=O)[C@H](Cc1cnc[nH]1)NC(=O)[C@@H]1CCCN1C(=O)CNC(=O)CNC(=O)CCc1ccc(O)cc1)C(N)=O. The first-order chi connectivity index (χ1) is 27.1. The first-order valence-electron chi connectivity index (χ1n) is 17.7. The van der Waals surface area contributed by atoms with Crippen LogP contribution in [0.5, 0.6) is 5.75 Å². The first kappa shape index (κ1) is 45.2. The van der Waals surface area contributed by atoms with E-state index in [2.05, 4.69) is 54.5 Å². The molecule has 1 aromatic heterocycles. The number of H-pyrrole nitrogens is 1. The second kappa shape index (κ2) is 22.4. The number of primary amides is 2. The molecule has 310 valence electrons. The minimum Gasteiger partial charge on any atom is -0.508 e. The maximum atomic E-state index is 13.5. The van der Waals surface area contributed by atoms with Gasteiger partial charge in [-0.3, -0.25) is 43.2 Å². The van der Waals surface area contributed by atoms with E-state index in [1.165, 1.54) is 29.6 Å². The molecular weight excluding hydrogens is 771 g/mol. The van der Waals surface area contributed by atoms with Crippen molar-refractivity contribution in [2.75, 3.05) is 32.0 Å². The molecule has 2 aromatic rings. The highest BCUT2D eigenvalue weighted by Crippen LogP contribution is 2.18. The number of carbonyl (C=O) groups is 9. The summed E-state index contributed by atoms with van der Waals surface area (Å²) in [6, 6.07) is -0.613. The van der Waals surface area contributed by atoms with Crippen molar-refractivity contribution in [1.82, 2.24) is 46.8 Å². The summed E-state index contributed by atoms with van der Waals surface area (Å²) in [6.07, 6.45) is 3.08. The number of amides is 9. The molecule has 5 atom stereocenters. The van der Waals surface area contributed by atoms with Gasteiger partial charge in [-0.15, -0.1) is 0 Å². The molecule has 1 fully saturated rings. The summed E-state index contributed by atoms with van der Waals surface area (Å²) in [5.74, 6) is -7.49. The highest BCUT2D eigenvalue weighted by Gasteiger charge is 2.37. The monoisotopic (exact) mass is 817 g/mol. The normalized spacial score (nSPS) is 15.5. The number of aromatic amines is 1. The van der Waals surface area contributed by atoms with Crippen LogP contribution in [0, 0.1) is 0 Å². The number of phenolic OH excluding ortho intramolecular Hbond substituents is 1. The number of nitrogens with two attached hydrogens (primary N) is 2. The van der Waals surface area contributed by atoms with Crippen LogP contribution < -0.4 is 43.4 Å². The Morgan fingerprint density at radius 1 is 0.860 bits per heavy atom. The molecule has 57 heavy (non-hydrogen) atoms. The van der Waals surface area contributed by atoms with Gasteiger partial charge in [0.2, 0.25) is 53.2 Å². The van der Waals surface area contributed by atoms with E-state index in [-0.39, 0.29) is 37.3 Å². The van der Waals surface area contributed by atoms with Gasteiger partial charge in [0.05, 0.1) is 32.4 Å². The molecule has 0 saturated carbocycles. The predicted molar refractivity (Wildman–Crippen MR) is 201 cm³/mol. The number of imidazole rings is 1. The predicted octanol–water partition coefficient (Wildman–Crippen LogP) is -5.26. The van der Waals surface area contributed by atoms with E-state index in [4.69, 9.17) is 11.5 Å². The molecule has 9 amide bonds. The van der Waals surface area contributed by atoms with Gasteiger partial charge in [-0.1, -0.05) is 12.1 Å². The van der Waals surface area contributed by atoms with Crippen LogP contribution in [-0.2, 0) is 56.0 Å². The van der Waals surface area contributed by atoms with Crippen molar-refractivity contribution >= 4 is 65.8 Å². The second-order valence-electron chi connectivity index (χ2n) is 12.9. The van der Waals surface area contributed by atoms with Gasteiger partial charge in [0.15, 0.2) is 0 Å². The number of aliphatic hydroxyl groups is 1. The molecular formula is C34H47N11O11S. The molecule has 3 rings (SSSR count). The van der Waals surface area contributed by atoms with Crippen molar-refractivity contribution < 1.29 is 53.4 Å². The van der Waals surface area contributed by atoms with Gasteiger partial charge in [0.1, 0.15) is 36.0 Å². The number of hydrogen-bond acceptors (Lipinski definition) is 13. The number of phenols is 1. The summed E-state index contributed by atoms with van der Waals surface area (Å²) in [6.45, 7) is -1.64. The van der Waals surface area contributed by atoms with Crippen LogP contribution in [0.25, 0.3) is 0 Å². The zero-order chi connectivity index (χ0) is 42.1. The summed E-state index contributed by atoms with van der Waals surface area (Å²) in [7, 11) is 0. The molecule has 1 aliphatic heterocycles. The number of thiol groups is 1. The summed E-state index contributed by atoms with van der Waals surface area (Å²) in [5, 5.41) is 33.6. The number of aromatic hydroxyl groups is 1. The molecule has 0 radical (unpaired) electrons. The minimum absolute atomic E-state index is 0.0882. The topological polar surface area (TPSA) is 350 Å². The number of hydrogen-bond donors (Lipinski definition) is 12. The molecule has 0 bridgehead atoms. The first-order valence-corrected chi connectivity index (χ1v) is 18.3. The molecule has 0 unspecified atom stereocenters. The standard InChI is InChI=1S/C34H47N11O11S/c35-26(48)11-21(30(36)52)41-33(55)24(16-57)44-32(54)23(15-46)43-31(53)22(10-19-12-37-17-40-19)42-34(56)25-2-1-9-45(25)29(51)14-39-28(50)13-38-27(49)8-5-18-3-6-20(47)7-4-18/h3-4,6-7,12,17,21-25,46-47,57H,1-2,5,8-11,13-16H2,(H2,35,48)(H2,36,52)(H,37,40)(H,38,49)(H,39,50)(H,41,55)(H,42,56)(H,43,53)(H,44,54)/t21-,22-,23-,24-,25-/m0/s1. The summed E-state index contributed by atoms with van der Waals surface area (Å²) in [4.78, 5) is 121. The minimum atomic E-state index is -1.65. The third-order valence-corrected chi connectivity index (χ3v) is 9.01. The molecule has 13 N–H and O–H groups in total. The fourth-order valence-corrected chi connectivity index (χ4v) is 5.84. The molecule has 1 saturated heterocycles. The van der Waals surface area contributed by atoms with Crippen LogP contribution >= 0.6 is 12.6 Å². The molecule has 23 heteroatoms. The zero-order valence-electron chi connectivity index (χ0n) is 30.7. The second-order valence-corrected chi connectivity index (χ2v) is 13.3. The van der Waals surface area contributed by atoms with Gasteiger partial charge in [0.25, 0.3) is 0 Å². The fourth-order valence-electron chi connectivity index (χ4n) is 5.59. The van der Waals surface area contributed by atoms with E-state index < -0.39 is 109 Å². The molecule has 0 spiro atoms. The van der Waals surface area contributed by atoms with Gasteiger partial charge in [-0.05, 0) is 37.0 Å². The Morgan fingerprint density at radius 2 is 1.49 bits per heavy atom. The number of nitrogens with zero attached hydrogens (tertiary/aromatic N) is 2. The molecule has 2 heterocycles. The third-order valence-electron chi connectivity index (χ3n) is 8.64. The number of carbonyl (C=O) groups excluding carboxylic acids is 9. The summed E-state index contributed by atoms with van der Waals surface area (Å²) < 4.78 is 0. The Hall–Kier alpha value is -6.23. The number of aromatic nitrogens is 2. The number of benzene rings is 1. The zero-order valence-corrected chi connectivity index (χ0v) is 31.6. The quantitative estimate of drug-likeness (QED) is 0.0496. The van der Waals surface area contributed by atoms with E-state index >= 15 is 0 Å². The van der Waals surface area contributed by atoms with E-state index in [0.29, 0.717) is 18.5 Å². The lowest BCUT2D eigenvalue weighted by molar-refractivity contribution is -0.140. The molecule has 1 aliphatic rings. The average Bonchev–Trinajstić information content (AvgIpc) is 3.89. The lowest BCUT2D eigenvalue weighted by Gasteiger charge is -2.27. The Balaban J connectivity index is 1.57. The van der Waals surface area contributed by atoms with E-state index in [0.717, 1.165) is 5.56 Å². The van der Waals surface area contributed by atoms with Crippen molar-refractivity contribution in [3.63, 3.8) is 0 Å². The van der Waals surface area contributed by atoms with Crippen molar-refractivity contribution in [3.8, 4) is 5.75 Å². The van der Waals surface area contributed by atoms with Crippen molar-refractivity contribution in [2.24, 2.45) is 11.5 Å². The van der Waals surface area contributed by atoms with Crippen molar-refractivity contribution in [1.29, 1.82) is 0 Å². The van der Waals surface area contributed by atoms with Crippen molar-refractivity contribution in [3.05, 3.63) is 48.0 Å². The van der Waals surface area contributed by atoms with Crippen LogP contribution in [-0.4, -0.2) is 140 Å². The summed E-state index contributed by atoms with van der Waals surface area (Å²) in [5.41, 5.74) is 11.5. The van der Waals surface area contributed by atoms with E-state index in [1.54, 1.807) is 12.1 Å². The van der Waals surface area contributed by atoms with E-state index in [9.17, 15) is 53.4 Å². The van der Waals surface area contributed by atoms with E-state index in [1.807, 2.05) is 0 Å². The number of aryl methyl sites for hydroxylation is 1. The Bertz CT molecular complexity index is 1760. The number of aliphatic hydroxyl groups excluding tert-OH is 1. The lowest BCUT2D eigenvalue weighted by atomic mass is 10.1. The van der Waals surface area contributed by atoms with Gasteiger partial charge in [-0.25, -0.2) is 4.98 Å². The lowest BCUT2D eigenvalue weighted by Crippen LogP contribution is -2.60. The van der Waals surface area contributed by atoms with Crippen LogP contribution in [0.1, 0.15) is 36.9 Å². The highest BCUT2D eigenvalue weighted by atomic mass is 32.1. The Kier molecular flexibility index (Phi) is 17.7. The molecule has 1 aromatic carbocycles. The summed E-state index contributed by atoms with van der Waals surface area (Å²) >= 11 is 4.03. The smallest absolute Gasteiger partial charge is 0.245 e. The van der Waals surface area contributed by atoms with Crippen molar-refractivity contribution in [2.45, 2.75) is 68.7 Å². The van der Waals surface area contributed by atoms with Crippen LogP contribution in [0.2, 0.25) is 0 Å². The van der Waals surface area contributed by atoms with Gasteiger partial charge in [0, 0.05) is 37.0 Å². The van der Waals surface area contributed by atoms with Gasteiger partial charge < -0.3 is 63.5 Å². The number of nitrogens with one attached hydrogen (secondary N) is 7.